The number of Topliss-reactive ketones (excluding diaryl/α,β-unsaturated/α-hetero) is 1. The van der Waals surface area contributed by atoms with Crippen LogP contribution in [0.3, 0.4) is 0 Å². The highest BCUT2D eigenvalue weighted by Gasteiger charge is 2.64. The van der Waals surface area contributed by atoms with Gasteiger partial charge >= 0.3 is 0 Å². The van der Waals surface area contributed by atoms with E-state index in [1.54, 1.807) is 56.4 Å². The fourth-order valence-electron chi connectivity index (χ4n) is 10.8. The number of ether oxygens (including phenoxy) is 7. The Morgan fingerprint density at radius 1 is 0.770 bits per heavy atom. The van der Waals surface area contributed by atoms with Crippen LogP contribution in [0, 0.1) is 39.4 Å². The van der Waals surface area contributed by atoms with Gasteiger partial charge in [0.25, 0.3) is 5.91 Å². The molecule has 0 bridgehead atoms. The first-order valence-electron chi connectivity index (χ1n) is 26.0. The van der Waals surface area contributed by atoms with E-state index in [0.717, 1.165) is 17.5 Å². The van der Waals surface area contributed by atoms with Gasteiger partial charge in [-0.05, 0) is 79.8 Å². The molecule has 2 saturated carbocycles. The van der Waals surface area contributed by atoms with Crippen molar-refractivity contribution in [3.8, 4) is 17.6 Å². The highest BCUT2D eigenvalue weighted by atomic mass is 35.5. The van der Waals surface area contributed by atoms with Crippen molar-refractivity contribution in [1.29, 1.82) is 5.26 Å². The van der Waals surface area contributed by atoms with Crippen molar-refractivity contribution in [3.63, 3.8) is 0 Å². The van der Waals surface area contributed by atoms with Crippen LogP contribution in [0.1, 0.15) is 108 Å². The Morgan fingerprint density at radius 2 is 1.35 bits per heavy atom. The Kier molecular flexibility index (Phi) is 20.9. The molecule has 6 rings (SSSR count). The van der Waals surface area contributed by atoms with Crippen LogP contribution in [0.4, 0.5) is 0 Å². The lowest BCUT2D eigenvalue weighted by Crippen LogP contribution is -2.74. The summed E-state index contributed by atoms with van der Waals surface area (Å²) in [4.78, 5) is 54.2. The number of hydrogen-bond acceptors (Lipinski definition) is 13. The van der Waals surface area contributed by atoms with Gasteiger partial charge in [0.05, 0.1) is 94.3 Å². The number of amides is 3. The van der Waals surface area contributed by atoms with Gasteiger partial charge in [-0.15, -0.1) is 0 Å². The Bertz CT molecular complexity index is 2390. The molecule has 3 aliphatic carbocycles. The van der Waals surface area contributed by atoms with Gasteiger partial charge in [0.1, 0.15) is 30.3 Å². The molecule has 404 valence electrons. The summed E-state index contributed by atoms with van der Waals surface area (Å²) in [5, 5.41) is 21.9. The number of nitrogens with zero attached hydrogens (tertiary/aromatic N) is 1. The molecule has 74 heavy (non-hydrogen) atoms. The van der Waals surface area contributed by atoms with Crippen molar-refractivity contribution in [2.24, 2.45) is 28.1 Å². The van der Waals surface area contributed by atoms with Crippen LogP contribution in [0.15, 0.2) is 66.7 Å². The molecule has 3 amide bonds. The summed E-state index contributed by atoms with van der Waals surface area (Å²) in [6.45, 7) is 19.7. The normalized spacial score (nSPS) is 22.3. The van der Waals surface area contributed by atoms with Crippen molar-refractivity contribution in [3.05, 3.63) is 94.0 Å². The fourth-order valence-corrected chi connectivity index (χ4v) is 11.0. The molecule has 3 aliphatic rings. The minimum Gasteiger partial charge on any atom is -0.491 e. The molecule has 0 saturated heterocycles. The van der Waals surface area contributed by atoms with E-state index in [4.69, 9.17) is 44.8 Å². The SMILES string of the molecule is CN[C@@H](C)C(=O)NC(C(=O)C1CCC[C@H]1C(=O)N[C@H]1c2ccccc2C[C@H]1OCCOCCOCCOCCOCCOc1ccc(C(=O)N[C@H]2C(C)(C)[C@H](Oc3ccc(C#N)c(Cl)c3)C2(C)C)cc1)C(C)(C)C. The summed E-state index contributed by atoms with van der Waals surface area (Å²) in [7, 11) is 1.70. The van der Waals surface area contributed by atoms with Crippen LogP contribution >= 0.6 is 11.6 Å². The first-order valence-corrected chi connectivity index (χ1v) is 26.4. The maximum atomic E-state index is 14.1. The monoisotopic (exact) mass is 1040 g/mol. The number of benzene rings is 3. The minimum atomic E-state index is -0.720. The van der Waals surface area contributed by atoms with Gasteiger partial charge in [-0.1, -0.05) is 90.8 Å². The molecule has 0 aliphatic heterocycles. The molecule has 2 fully saturated rings. The van der Waals surface area contributed by atoms with Crippen LogP contribution in [0.5, 0.6) is 11.5 Å². The van der Waals surface area contributed by atoms with E-state index in [0.29, 0.717) is 113 Å². The van der Waals surface area contributed by atoms with Crippen LogP contribution < -0.4 is 30.7 Å². The largest absolute Gasteiger partial charge is 0.491 e. The predicted octanol–water partition coefficient (Wildman–Crippen LogP) is 7.19. The summed E-state index contributed by atoms with van der Waals surface area (Å²) in [6, 6.07) is 20.4. The average Bonchev–Trinajstić information content (AvgIpc) is 4.01. The van der Waals surface area contributed by atoms with E-state index in [2.05, 4.69) is 61.1 Å². The summed E-state index contributed by atoms with van der Waals surface area (Å²) in [6.07, 6.45) is 2.13. The zero-order valence-electron chi connectivity index (χ0n) is 44.7. The Balaban J connectivity index is 0.798. The Morgan fingerprint density at radius 3 is 1.95 bits per heavy atom. The van der Waals surface area contributed by atoms with Gasteiger partial charge in [-0.25, -0.2) is 0 Å². The van der Waals surface area contributed by atoms with Crippen LogP contribution in [0.25, 0.3) is 0 Å². The standard InChI is InChI=1S/C57H78ClN5O11/c1-36(60-9)50(65)62-49(55(2,3)4)48(64)43-15-12-16-44(43)52(67)61-47-42-14-11-10-13-38(42)33-46(47)73-32-30-71-28-26-69-24-23-68-25-27-70-29-31-72-40-20-17-37(18-21-40)51(66)63-53-56(5,6)54(57(53,7)8)74-41-22-19-39(35-59)45(58)34-41/h10-11,13-14,17-22,34,36,43-44,46-47,49,53-54,60H,12,15-16,23-33H2,1-9H3,(H,61,67)(H,62,65)(H,63,66)/t36-,43?,44+,46+,47-,49?,53-,54-/m0/s1. The van der Waals surface area contributed by atoms with Gasteiger partial charge in [-0.2, -0.15) is 5.26 Å². The van der Waals surface area contributed by atoms with E-state index in [1.807, 2.05) is 39.0 Å². The number of ketones is 1. The smallest absolute Gasteiger partial charge is 0.251 e. The fraction of sp³-hybridized carbons (Fsp3) is 0.596. The number of nitriles is 1. The molecular weight excluding hydrogens is 966 g/mol. The number of carbonyl (C=O) groups is 4. The quantitative estimate of drug-likeness (QED) is 0.0533. The van der Waals surface area contributed by atoms with Crippen molar-refractivity contribution in [2.75, 3.05) is 73.1 Å². The molecule has 3 aromatic rings. The third kappa shape index (κ3) is 14.8. The first-order chi connectivity index (χ1) is 35.3. The van der Waals surface area contributed by atoms with E-state index >= 15 is 0 Å². The zero-order chi connectivity index (χ0) is 53.6. The van der Waals surface area contributed by atoms with Crippen molar-refractivity contribution in [2.45, 2.75) is 117 Å². The van der Waals surface area contributed by atoms with E-state index in [-0.39, 0.29) is 58.6 Å². The lowest BCUT2D eigenvalue weighted by Gasteiger charge is -2.63. The molecule has 16 nitrogen and oxygen atoms in total. The summed E-state index contributed by atoms with van der Waals surface area (Å²) >= 11 is 6.23. The number of nitrogens with one attached hydrogen (secondary N) is 4. The molecule has 4 N–H and O–H groups in total. The molecule has 17 heteroatoms. The van der Waals surface area contributed by atoms with Crippen LogP contribution in [-0.2, 0) is 44.5 Å². The number of carbonyl (C=O) groups excluding carboxylic acids is 4. The van der Waals surface area contributed by atoms with Gasteiger partial charge < -0.3 is 54.4 Å². The first kappa shape index (κ1) is 58.1. The lowest BCUT2D eigenvalue weighted by atomic mass is 9.49. The van der Waals surface area contributed by atoms with Crippen molar-refractivity contribution in [1.82, 2.24) is 21.3 Å². The molecule has 2 unspecified atom stereocenters. The molecule has 0 spiro atoms. The predicted molar refractivity (Wildman–Crippen MR) is 281 cm³/mol. The second kappa shape index (κ2) is 26.6. The van der Waals surface area contributed by atoms with Gasteiger partial charge in [0, 0.05) is 46.8 Å². The number of likely N-dealkylation sites (N-methyl/N-ethyl adjacent to an activating group) is 1. The van der Waals surface area contributed by atoms with Gasteiger partial charge in [-0.3, -0.25) is 19.2 Å². The topological polar surface area (TPSA) is 205 Å². The number of hydrogen-bond donors (Lipinski definition) is 4. The van der Waals surface area contributed by atoms with E-state index < -0.39 is 29.3 Å². The molecule has 0 aromatic heterocycles. The summed E-state index contributed by atoms with van der Waals surface area (Å²) < 4.78 is 41.2. The summed E-state index contributed by atoms with van der Waals surface area (Å²) in [5.41, 5.74) is 1.76. The third-order valence-electron chi connectivity index (χ3n) is 14.7. The van der Waals surface area contributed by atoms with Gasteiger partial charge in [0.2, 0.25) is 11.8 Å². The maximum absolute atomic E-state index is 14.1. The number of fused-ring (bicyclic) bond motifs is 1. The van der Waals surface area contributed by atoms with Gasteiger partial charge in [0.15, 0.2) is 5.78 Å². The number of halogens is 1. The Labute approximate surface area is 442 Å². The number of rotatable bonds is 28. The Hall–Kier alpha value is -5.12. The molecule has 0 heterocycles. The highest BCUT2D eigenvalue weighted by molar-refractivity contribution is 6.31. The summed E-state index contributed by atoms with van der Waals surface area (Å²) in [5.74, 6) is -0.447. The molecule has 6 atom stereocenters. The van der Waals surface area contributed by atoms with E-state index in [9.17, 15) is 24.4 Å². The van der Waals surface area contributed by atoms with Crippen molar-refractivity contribution < 1.29 is 52.3 Å². The average molecular weight is 1040 g/mol. The van der Waals surface area contributed by atoms with E-state index in [1.165, 1.54) is 0 Å². The molecule has 3 aromatic carbocycles. The lowest BCUT2D eigenvalue weighted by molar-refractivity contribution is -0.164. The maximum Gasteiger partial charge on any atom is 0.251 e. The molecule has 0 radical (unpaired) electrons. The highest BCUT2D eigenvalue weighted by Crippen LogP contribution is 2.55. The minimum absolute atomic E-state index is 0.0918. The second-order valence-corrected chi connectivity index (χ2v) is 22.2. The van der Waals surface area contributed by atoms with Crippen LogP contribution in [-0.4, -0.2) is 127 Å². The third-order valence-corrected chi connectivity index (χ3v) is 15.0. The zero-order valence-corrected chi connectivity index (χ0v) is 45.4. The van der Waals surface area contributed by atoms with Crippen LogP contribution in [0.2, 0.25) is 5.02 Å². The molecular formula is C57H78ClN5O11. The second-order valence-electron chi connectivity index (χ2n) is 21.8. The van der Waals surface area contributed by atoms with Crippen molar-refractivity contribution >= 4 is 35.1 Å².